The molecule has 0 spiro atoms. The minimum absolute atomic E-state index is 0. The summed E-state index contributed by atoms with van der Waals surface area (Å²) in [6, 6.07) is 16.1. The molecule has 0 unspecified atom stereocenters. The van der Waals surface area contributed by atoms with Gasteiger partial charge in [0.2, 0.25) is 0 Å². The SMILES string of the molecule is C[c-]1cccc1Br.[Fe].[cH-]1[cH-][cH-][cH-][cH-]1. The van der Waals surface area contributed by atoms with Crippen LogP contribution in [0.5, 0.6) is 0 Å². The number of hydrogen-bond acceptors (Lipinski definition) is 0. The van der Waals surface area contributed by atoms with Crippen molar-refractivity contribution in [3.63, 3.8) is 0 Å². The predicted molar refractivity (Wildman–Crippen MR) is 56.5 cm³/mol. The van der Waals surface area contributed by atoms with E-state index in [0.717, 1.165) is 0 Å². The second kappa shape index (κ2) is 7.14. The minimum Gasteiger partial charge on any atom is -0.748 e. The molecule has 0 aliphatic rings. The number of rotatable bonds is 0. The Labute approximate surface area is 98.3 Å². The van der Waals surface area contributed by atoms with Gasteiger partial charge in [0.1, 0.15) is 0 Å². The monoisotopic (exact) mass is 278 g/mol. The third kappa shape index (κ3) is 5.09. The average Bonchev–Trinajstić information content (AvgIpc) is 2.67. The van der Waals surface area contributed by atoms with Crippen molar-refractivity contribution < 1.29 is 17.1 Å². The van der Waals surface area contributed by atoms with Gasteiger partial charge >= 0.3 is 0 Å². The van der Waals surface area contributed by atoms with Crippen LogP contribution in [0.2, 0.25) is 0 Å². The molecule has 2 rings (SSSR count). The molecule has 0 saturated carbocycles. The van der Waals surface area contributed by atoms with Crippen molar-refractivity contribution in [3.05, 3.63) is 58.6 Å². The van der Waals surface area contributed by atoms with Crippen LogP contribution >= 0.6 is 15.9 Å². The molecule has 13 heavy (non-hydrogen) atoms. The van der Waals surface area contributed by atoms with Gasteiger partial charge in [-0.2, -0.15) is 12.1 Å². The molecule has 0 aromatic heterocycles. The molecule has 0 nitrogen and oxygen atoms in total. The Balaban J connectivity index is 0.000000215. The van der Waals surface area contributed by atoms with Crippen molar-refractivity contribution in [1.29, 1.82) is 0 Å². The first kappa shape index (κ1) is 12.7. The Kier molecular flexibility index (Phi) is 6.97. The van der Waals surface area contributed by atoms with Crippen LogP contribution in [0.25, 0.3) is 0 Å². The minimum atomic E-state index is 0. The zero-order valence-corrected chi connectivity index (χ0v) is 10.0. The molecule has 0 amide bonds. The molecule has 76 valence electrons. The van der Waals surface area contributed by atoms with E-state index >= 15 is 0 Å². The standard InChI is InChI=1S/C6H6Br.C5H5.Fe/c1-5-3-2-4-6(5)7;1-2-4-5-3-1;/h2-4H,1H3;1-5H;/q-1;-5;. The van der Waals surface area contributed by atoms with Crippen molar-refractivity contribution in [2.75, 3.05) is 0 Å². The second-order valence-corrected chi connectivity index (χ2v) is 3.37. The molecular formula is C11H11BrFe-6. The van der Waals surface area contributed by atoms with E-state index in [2.05, 4.69) is 28.9 Å². The smallest absolute Gasteiger partial charge is 0 e. The summed E-state index contributed by atoms with van der Waals surface area (Å²) in [5.74, 6) is 0. The fourth-order valence-electron chi connectivity index (χ4n) is 0.809. The van der Waals surface area contributed by atoms with Gasteiger partial charge in [0.25, 0.3) is 0 Å². The summed E-state index contributed by atoms with van der Waals surface area (Å²) in [4.78, 5) is 0. The molecule has 0 N–H and O–H groups in total. The van der Waals surface area contributed by atoms with Crippen LogP contribution < -0.4 is 0 Å². The molecule has 2 heteroatoms. The van der Waals surface area contributed by atoms with E-state index in [1.165, 1.54) is 10.0 Å². The number of halogens is 1. The second-order valence-electron chi connectivity index (χ2n) is 2.52. The predicted octanol–water partition coefficient (Wildman–Crippen LogP) is 3.88. The maximum absolute atomic E-state index is 3.37. The molecule has 0 atom stereocenters. The maximum Gasteiger partial charge on any atom is 0 e. The first-order valence-corrected chi connectivity index (χ1v) is 4.64. The van der Waals surface area contributed by atoms with Gasteiger partial charge in [0.05, 0.1) is 0 Å². The quantitative estimate of drug-likeness (QED) is 0.507. The zero-order valence-electron chi connectivity index (χ0n) is 7.35. The van der Waals surface area contributed by atoms with Crippen LogP contribution in [-0.4, -0.2) is 0 Å². The first-order valence-electron chi connectivity index (χ1n) is 3.85. The molecule has 0 bridgehead atoms. The van der Waals surface area contributed by atoms with E-state index in [4.69, 9.17) is 0 Å². The zero-order chi connectivity index (χ0) is 8.81. The maximum atomic E-state index is 3.37. The van der Waals surface area contributed by atoms with Gasteiger partial charge in [-0.05, 0) is 0 Å². The summed E-state index contributed by atoms with van der Waals surface area (Å²) in [5, 5.41) is 0. The van der Waals surface area contributed by atoms with Gasteiger partial charge in [-0.25, -0.2) is 6.07 Å². The van der Waals surface area contributed by atoms with Gasteiger partial charge in [-0.1, -0.05) is 27.3 Å². The number of aryl methyl sites for hydroxylation is 1. The van der Waals surface area contributed by atoms with Crippen molar-refractivity contribution in [3.8, 4) is 0 Å². The Morgan fingerprint density at radius 2 is 1.62 bits per heavy atom. The van der Waals surface area contributed by atoms with Crippen LogP contribution in [0.1, 0.15) is 5.56 Å². The molecule has 0 aliphatic heterocycles. The molecule has 0 radical (unpaired) electrons. The molecule has 0 aliphatic carbocycles. The van der Waals surface area contributed by atoms with Crippen molar-refractivity contribution >= 4 is 15.9 Å². The molecule has 2 aromatic rings. The van der Waals surface area contributed by atoms with Crippen LogP contribution in [-0.2, 0) is 17.1 Å². The van der Waals surface area contributed by atoms with Crippen LogP contribution in [0.15, 0.2) is 53.0 Å². The Morgan fingerprint density at radius 3 is 1.77 bits per heavy atom. The van der Waals surface area contributed by atoms with Crippen molar-refractivity contribution in [1.82, 2.24) is 0 Å². The van der Waals surface area contributed by atoms with Gasteiger partial charge in [0, 0.05) is 17.1 Å². The third-order valence-corrected chi connectivity index (χ3v) is 2.41. The molecule has 0 heterocycles. The molecule has 0 saturated heterocycles. The molecular weight excluding hydrogens is 268 g/mol. The summed E-state index contributed by atoms with van der Waals surface area (Å²) >= 11 is 3.37. The van der Waals surface area contributed by atoms with Crippen LogP contribution in [0, 0.1) is 6.92 Å². The Morgan fingerprint density at radius 1 is 1.15 bits per heavy atom. The summed E-state index contributed by atoms with van der Waals surface area (Å²) in [6.07, 6.45) is 0. The van der Waals surface area contributed by atoms with Crippen LogP contribution in [0.3, 0.4) is 0 Å². The Bertz CT molecular complexity index is 262. The van der Waals surface area contributed by atoms with E-state index in [0.29, 0.717) is 0 Å². The fourth-order valence-corrected chi connectivity index (χ4v) is 1.09. The van der Waals surface area contributed by atoms with Crippen molar-refractivity contribution in [2.45, 2.75) is 6.92 Å². The van der Waals surface area contributed by atoms with Gasteiger partial charge in [-0.3, -0.25) is 0 Å². The normalized spacial score (nSPS) is 8.15. The summed E-state index contributed by atoms with van der Waals surface area (Å²) in [6.45, 7) is 2.07. The van der Waals surface area contributed by atoms with Gasteiger partial charge in [0.15, 0.2) is 0 Å². The number of hydrogen-bond donors (Lipinski definition) is 0. The fraction of sp³-hybridized carbons (Fsp3) is 0.0909. The van der Waals surface area contributed by atoms with Crippen LogP contribution in [0.4, 0.5) is 0 Å². The summed E-state index contributed by atoms with van der Waals surface area (Å²) in [5.41, 5.74) is 1.31. The summed E-state index contributed by atoms with van der Waals surface area (Å²) in [7, 11) is 0. The largest absolute Gasteiger partial charge is 0.748 e. The summed E-state index contributed by atoms with van der Waals surface area (Å²) < 4.78 is 1.20. The van der Waals surface area contributed by atoms with E-state index in [9.17, 15) is 0 Å². The average molecular weight is 279 g/mol. The Hall–Kier alpha value is -0.301. The van der Waals surface area contributed by atoms with Gasteiger partial charge in [-0.15, -0.1) is 5.56 Å². The van der Waals surface area contributed by atoms with E-state index in [-0.39, 0.29) is 17.1 Å². The van der Waals surface area contributed by atoms with E-state index in [1.807, 2.05) is 42.5 Å². The van der Waals surface area contributed by atoms with Crippen molar-refractivity contribution in [2.24, 2.45) is 0 Å². The topological polar surface area (TPSA) is 0 Å². The first-order chi connectivity index (χ1) is 5.80. The third-order valence-electron chi connectivity index (χ3n) is 1.52. The molecule has 0 fully saturated rings. The molecule has 2 aromatic carbocycles. The van der Waals surface area contributed by atoms with Gasteiger partial charge < -0.3 is 30.3 Å². The van der Waals surface area contributed by atoms with E-state index < -0.39 is 0 Å². The van der Waals surface area contributed by atoms with E-state index in [1.54, 1.807) is 0 Å².